The molecule has 1 heterocycles. The Bertz CT molecular complexity index is 952. The Morgan fingerprint density at radius 2 is 1.81 bits per heavy atom. The summed E-state index contributed by atoms with van der Waals surface area (Å²) in [5.41, 5.74) is 1.43. The lowest BCUT2D eigenvalue weighted by Gasteiger charge is -2.46. The molecule has 2 amide bonds. The van der Waals surface area contributed by atoms with Gasteiger partial charge in [0.25, 0.3) is 0 Å². The molecule has 1 aliphatic rings. The highest BCUT2D eigenvalue weighted by atomic mass is 35.5. The van der Waals surface area contributed by atoms with Gasteiger partial charge in [-0.05, 0) is 43.5 Å². The molecule has 2 aromatic rings. The summed E-state index contributed by atoms with van der Waals surface area (Å²) in [5, 5.41) is 2.47. The standard InChI is InChI=1S/C23H27ClN2O5/c1-5-31-22(28)25-23(14-16-9-7-6-8-10-16)13-15(2)26(21(24)27)18-12-20(30-4)19(29-3)11-17(18)23/h6-12,15H,5,13-14H2,1-4H3,(H,25,28). The molecule has 2 atom stereocenters. The Hall–Kier alpha value is -2.93. The van der Waals surface area contributed by atoms with Gasteiger partial charge in [0.15, 0.2) is 11.5 Å². The molecular weight excluding hydrogens is 420 g/mol. The molecule has 0 aromatic heterocycles. The van der Waals surface area contributed by atoms with Crippen LogP contribution in [0.1, 0.15) is 31.4 Å². The van der Waals surface area contributed by atoms with E-state index in [1.54, 1.807) is 19.1 Å². The quantitative estimate of drug-likeness (QED) is 0.507. The molecule has 0 saturated heterocycles. The fourth-order valence-corrected chi connectivity index (χ4v) is 4.56. The van der Waals surface area contributed by atoms with Crippen molar-refractivity contribution in [3.63, 3.8) is 0 Å². The lowest BCUT2D eigenvalue weighted by molar-refractivity contribution is 0.132. The van der Waals surface area contributed by atoms with E-state index >= 15 is 0 Å². The predicted molar refractivity (Wildman–Crippen MR) is 119 cm³/mol. The molecule has 0 aliphatic carbocycles. The number of halogens is 1. The van der Waals surface area contributed by atoms with E-state index in [1.165, 1.54) is 19.1 Å². The van der Waals surface area contributed by atoms with E-state index in [9.17, 15) is 9.59 Å². The molecule has 0 fully saturated rings. The second kappa shape index (κ2) is 9.47. The van der Waals surface area contributed by atoms with Crippen molar-refractivity contribution in [3.05, 3.63) is 53.6 Å². The van der Waals surface area contributed by atoms with Gasteiger partial charge in [0.2, 0.25) is 0 Å². The topological polar surface area (TPSA) is 77.1 Å². The maximum Gasteiger partial charge on any atom is 0.407 e. The van der Waals surface area contributed by atoms with Crippen LogP contribution >= 0.6 is 11.6 Å². The Morgan fingerprint density at radius 3 is 2.39 bits per heavy atom. The number of methoxy groups -OCH3 is 2. The van der Waals surface area contributed by atoms with Gasteiger partial charge in [0.1, 0.15) is 0 Å². The predicted octanol–water partition coefficient (Wildman–Crippen LogP) is 4.85. The van der Waals surface area contributed by atoms with Crippen LogP contribution in [0.25, 0.3) is 0 Å². The third-order valence-electron chi connectivity index (χ3n) is 5.52. The largest absolute Gasteiger partial charge is 0.493 e. The summed E-state index contributed by atoms with van der Waals surface area (Å²) in [7, 11) is 3.06. The molecule has 7 nitrogen and oxygen atoms in total. The highest BCUT2D eigenvalue weighted by Gasteiger charge is 2.46. The van der Waals surface area contributed by atoms with Crippen LogP contribution in [0.4, 0.5) is 15.3 Å². The molecule has 8 heteroatoms. The van der Waals surface area contributed by atoms with Crippen molar-refractivity contribution >= 4 is 28.7 Å². The number of anilines is 1. The Kier molecular flexibility index (Phi) is 6.95. The van der Waals surface area contributed by atoms with Crippen molar-refractivity contribution in [2.75, 3.05) is 25.7 Å². The van der Waals surface area contributed by atoms with E-state index in [1.807, 2.05) is 37.3 Å². The first-order valence-corrected chi connectivity index (χ1v) is 10.5. The van der Waals surface area contributed by atoms with Crippen molar-refractivity contribution < 1.29 is 23.8 Å². The summed E-state index contributed by atoms with van der Waals surface area (Å²) >= 11 is 5.96. The number of hydrogen-bond acceptors (Lipinski definition) is 5. The number of hydrogen-bond donors (Lipinski definition) is 1. The molecular formula is C23H27ClN2O5. The summed E-state index contributed by atoms with van der Waals surface area (Å²) in [4.78, 5) is 26.5. The zero-order valence-electron chi connectivity index (χ0n) is 18.1. The zero-order chi connectivity index (χ0) is 22.6. The Labute approximate surface area is 187 Å². The summed E-state index contributed by atoms with van der Waals surface area (Å²) < 4.78 is 16.2. The van der Waals surface area contributed by atoms with Crippen molar-refractivity contribution in [1.29, 1.82) is 0 Å². The van der Waals surface area contributed by atoms with Crippen LogP contribution in [0.3, 0.4) is 0 Å². The number of carbonyl (C=O) groups excluding carboxylic acids is 2. The number of nitrogens with zero attached hydrogens (tertiary/aromatic N) is 1. The van der Waals surface area contributed by atoms with Gasteiger partial charge in [-0.15, -0.1) is 0 Å². The number of nitrogens with one attached hydrogen (secondary N) is 1. The molecule has 1 aliphatic heterocycles. The first-order chi connectivity index (χ1) is 14.8. The fourth-order valence-electron chi connectivity index (χ4n) is 4.30. The summed E-state index contributed by atoms with van der Waals surface area (Å²) in [5.74, 6) is 0.948. The van der Waals surface area contributed by atoms with Gasteiger partial charge in [-0.1, -0.05) is 30.3 Å². The number of benzene rings is 2. The van der Waals surface area contributed by atoms with Crippen LogP contribution < -0.4 is 19.7 Å². The van der Waals surface area contributed by atoms with E-state index < -0.39 is 17.0 Å². The first-order valence-electron chi connectivity index (χ1n) is 10.1. The van der Waals surface area contributed by atoms with E-state index in [4.69, 9.17) is 25.8 Å². The van der Waals surface area contributed by atoms with Gasteiger partial charge in [-0.2, -0.15) is 0 Å². The SMILES string of the molecule is CCOC(=O)NC1(Cc2ccccc2)CC(C)N(C(=O)Cl)c2cc(OC)c(OC)cc21. The third kappa shape index (κ3) is 4.56. The minimum absolute atomic E-state index is 0.244. The highest BCUT2D eigenvalue weighted by molar-refractivity contribution is 6.66. The van der Waals surface area contributed by atoms with Gasteiger partial charge in [0, 0.05) is 24.1 Å². The number of alkyl carbamates (subject to hydrolysis) is 1. The van der Waals surface area contributed by atoms with Gasteiger partial charge >= 0.3 is 11.5 Å². The number of ether oxygens (including phenoxy) is 3. The summed E-state index contributed by atoms with van der Waals surface area (Å²) in [6, 6.07) is 13.1. The summed E-state index contributed by atoms with van der Waals surface area (Å²) in [6.07, 6.45) is 0.392. The van der Waals surface area contributed by atoms with Crippen LogP contribution in [0.5, 0.6) is 11.5 Å². The normalized spacial score (nSPS) is 19.9. The van der Waals surface area contributed by atoms with Gasteiger partial charge < -0.3 is 19.5 Å². The molecule has 2 unspecified atom stereocenters. The lowest BCUT2D eigenvalue weighted by Crippen LogP contribution is -2.56. The van der Waals surface area contributed by atoms with Crippen LogP contribution in [0, 0.1) is 0 Å². The number of amides is 2. The lowest BCUT2D eigenvalue weighted by atomic mass is 9.75. The van der Waals surface area contributed by atoms with E-state index in [-0.39, 0.29) is 12.6 Å². The molecule has 2 aromatic carbocycles. The zero-order valence-corrected chi connectivity index (χ0v) is 18.9. The van der Waals surface area contributed by atoms with Crippen LogP contribution in [0.2, 0.25) is 0 Å². The second-order valence-corrected chi connectivity index (χ2v) is 7.81. The van der Waals surface area contributed by atoms with E-state index in [0.29, 0.717) is 35.6 Å². The van der Waals surface area contributed by atoms with Crippen LogP contribution in [-0.4, -0.2) is 38.3 Å². The van der Waals surface area contributed by atoms with Crippen molar-refractivity contribution in [3.8, 4) is 11.5 Å². The Morgan fingerprint density at radius 1 is 1.16 bits per heavy atom. The number of rotatable bonds is 6. The molecule has 0 radical (unpaired) electrons. The van der Waals surface area contributed by atoms with Gasteiger partial charge in [-0.3, -0.25) is 9.69 Å². The van der Waals surface area contributed by atoms with Gasteiger partial charge in [-0.25, -0.2) is 4.79 Å². The third-order valence-corrected chi connectivity index (χ3v) is 5.70. The molecule has 0 spiro atoms. The second-order valence-electron chi connectivity index (χ2n) is 7.49. The van der Waals surface area contributed by atoms with Crippen LogP contribution in [-0.2, 0) is 16.7 Å². The maximum absolute atomic E-state index is 12.6. The average molecular weight is 447 g/mol. The molecule has 0 saturated carbocycles. The molecule has 31 heavy (non-hydrogen) atoms. The highest BCUT2D eigenvalue weighted by Crippen LogP contribution is 2.48. The van der Waals surface area contributed by atoms with Crippen molar-refractivity contribution in [2.45, 2.75) is 38.3 Å². The minimum atomic E-state index is -0.856. The van der Waals surface area contributed by atoms with Gasteiger partial charge in [0.05, 0.1) is 32.1 Å². The van der Waals surface area contributed by atoms with E-state index in [2.05, 4.69) is 5.32 Å². The monoisotopic (exact) mass is 446 g/mol. The van der Waals surface area contributed by atoms with Crippen molar-refractivity contribution in [2.24, 2.45) is 0 Å². The fraction of sp³-hybridized carbons (Fsp3) is 0.391. The number of fused-ring (bicyclic) bond motifs is 1. The average Bonchev–Trinajstić information content (AvgIpc) is 2.73. The molecule has 3 rings (SSSR count). The maximum atomic E-state index is 12.6. The summed E-state index contributed by atoms with van der Waals surface area (Å²) in [6.45, 7) is 3.89. The minimum Gasteiger partial charge on any atom is -0.493 e. The molecule has 0 bridgehead atoms. The Balaban J connectivity index is 2.25. The van der Waals surface area contributed by atoms with Crippen LogP contribution in [0.15, 0.2) is 42.5 Å². The molecule has 1 N–H and O–H groups in total. The first kappa shape index (κ1) is 22.7. The molecule has 166 valence electrons. The smallest absolute Gasteiger partial charge is 0.407 e. The number of carbonyl (C=O) groups is 2. The van der Waals surface area contributed by atoms with E-state index in [0.717, 1.165) is 5.56 Å². The van der Waals surface area contributed by atoms with Crippen molar-refractivity contribution in [1.82, 2.24) is 5.32 Å².